The first-order valence-electron chi connectivity index (χ1n) is 6.88. The van der Waals surface area contributed by atoms with Gasteiger partial charge in [-0.05, 0) is 25.7 Å². The van der Waals surface area contributed by atoms with Crippen molar-refractivity contribution in [3.8, 4) is 0 Å². The van der Waals surface area contributed by atoms with E-state index >= 15 is 0 Å². The van der Waals surface area contributed by atoms with E-state index in [-0.39, 0.29) is 29.0 Å². The van der Waals surface area contributed by atoms with Crippen LogP contribution in [0.15, 0.2) is 0 Å². The normalized spacial score (nSPS) is 30.8. The van der Waals surface area contributed by atoms with Crippen LogP contribution in [0.4, 0.5) is 0 Å². The second-order valence-electron chi connectivity index (χ2n) is 5.79. The highest BCUT2D eigenvalue weighted by Crippen LogP contribution is 2.45. The zero-order chi connectivity index (χ0) is 14.9. The van der Waals surface area contributed by atoms with Crippen molar-refractivity contribution in [1.29, 1.82) is 0 Å². The monoisotopic (exact) mass is 299 g/mol. The van der Waals surface area contributed by atoms with Crippen molar-refractivity contribution in [2.24, 2.45) is 11.1 Å². The third kappa shape index (κ3) is 2.63. The largest absolute Gasteiger partial charge is 0.368 e. The third-order valence-electron chi connectivity index (χ3n) is 4.42. The number of nitrogens with zero attached hydrogens (tertiary/aromatic N) is 1. The van der Waals surface area contributed by atoms with Gasteiger partial charge >= 0.3 is 0 Å². The van der Waals surface area contributed by atoms with Crippen LogP contribution in [-0.4, -0.2) is 47.0 Å². The van der Waals surface area contributed by atoms with E-state index in [0.29, 0.717) is 6.54 Å². The summed E-state index contributed by atoms with van der Waals surface area (Å²) in [5, 5.41) is 2.90. The number of nitrogens with one attached hydrogen (secondary N) is 1. The molecule has 0 aromatic rings. The molecule has 1 atom stereocenters. The minimum atomic E-state index is -0.607. The molecule has 0 unspecified atom stereocenters. The predicted octanol–water partition coefficient (Wildman–Crippen LogP) is -0.323. The van der Waals surface area contributed by atoms with Gasteiger partial charge in [0.1, 0.15) is 6.04 Å². The minimum absolute atomic E-state index is 0.0108. The molecule has 2 fully saturated rings. The Morgan fingerprint density at radius 3 is 2.50 bits per heavy atom. The first-order valence-corrected chi connectivity index (χ1v) is 7.51. The molecule has 3 N–H and O–H groups in total. The van der Waals surface area contributed by atoms with E-state index in [2.05, 4.69) is 17.9 Å². The Morgan fingerprint density at radius 1 is 1.50 bits per heavy atom. The van der Waals surface area contributed by atoms with Crippen LogP contribution in [0.25, 0.3) is 0 Å². The average molecular weight is 299 g/mol. The molecule has 20 heavy (non-hydrogen) atoms. The van der Waals surface area contributed by atoms with Gasteiger partial charge in [-0.1, -0.05) is 0 Å². The fourth-order valence-corrected chi connectivity index (χ4v) is 3.62. The molecule has 0 aromatic carbocycles. The lowest BCUT2D eigenvalue weighted by atomic mass is 9.66. The fraction of sp³-hybridized carbons (Fsp3) is 0.769. The van der Waals surface area contributed by atoms with E-state index in [1.807, 2.05) is 0 Å². The number of carbonyl (C=O) groups is 3. The summed E-state index contributed by atoms with van der Waals surface area (Å²) in [6, 6.07) is -0.443. The topological polar surface area (TPSA) is 92.5 Å². The van der Waals surface area contributed by atoms with Gasteiger partial charge in [-0.2, -0.15) is 12.6 Å². The molecule has 0 radical (unpaired) electrons. The van der Waals surface area contributed by atoms with Crippen LogP contribution in [0, 0.1) is 5.41 Å². The quantitative estimate of drug-likeness (QED) is 0.490. The molecule has 0 bridgehead atoms. The van der Waals surface area contributed by atoms with E-state index in [0.717, 1.165) is 25.7 Å². The van der Waals surface area contributed by atoms with Crippen molar-refractivity contribution in [2.45, 2.75) is 44.7 Å². The van der Waals surface area contributed by atoms with Gasteiger partial charge in [-0.15, -0.1) is 0 Å². The highest BCUT2D eigenvalue weighted by molar-refractivity contribution is 7.80. The summed E-state index contributed by atoms with van der Waals surface area (Å²) in [4.78, 5) is 36.2. The van der Waals surface area contributed by atoms with Crippen molar-refractivity contribution in [3.05, 3.63) is 0 Å². The van der Waals surface area contributed by atoms with Crippen LogP contribution in [0.3, 0.4) is 0 Å². The Hall–Kier alpha value is -1.24. The molecule has 1 spiro atoms. The van der Waals surface area contributed by atoms with E-state index in [1.165, 1.54) is 11.8 Å². The van der Waals surface area contributed by atoms with Crippen molar-refractivity contribution >= 4 is 30.4 Å². The Labute approximate surface area is 123 Å². The van der Waals surface area contributed by atoms with Crippen molar-refractivity contribution in [1.82, 2.24) is 10.2 Å². The second-order valence-corrected chi connectivity index (χ2v) is 6.15. The van der Waals surface area contributed by atoms with E-state index in [1.54, 1.807) is 0 Å². The number of likely N-dealkylation sites (tertiary alicyclic amines) is 1. The van der Waals surface area contributed by atoms with E-state index in [9.17, 15) is 14.4 Å². The molecule has 1 aliphatic heterocycles. The lowest BCUT2D eigenvalue weighted by Crippen LogP contribution is -2.68. The van der Waals surface area contributed by atoms with Crippen molar-refractivity contribution in [2.75, 3.05) is 12.3 Å². The average Bonchev–Trinajstić information content (AvgIpc) is 2.39. The molecule has 2 aliphatic rings. The minimum Gasteiger partial charge on any atom is -0.368 e. The Bertz CT molecular complexity index is 433. The van der Waals surface area contributed by atoms with Crippen LogP contribution in [0.1, 0.15) is 32.6 Å². The molecule has 0 aromatic heterocycles. The van der Waals surface area contributed by atoms with Crippen molar-refractivity contribution in [3.63, 3.8) is 0 Å². The SMILES string of the molecule is CC(=O)NC1CCC2(CC1)CN([C@@H](CS)C(N)=O)C2=O. The predicted molar refractivity (Wildman–Crippen MR) is 77.1 cm³/mol. The molecular weight excluding hydrogens is 278 g/mol. The summed E-state index contributed by atoms with van der Waals surface area (Å²) in [6.07, 6.45) is 3.12. The van der Waals surface area contributed by atoms with Crippen LogP contribution >= 0.6 is 12.6 Å². The van der Waals surface area contributed by atoms with Gasteiger partial charge in [0.25, 0.3) is 0 Å². The Balaban J connectivity index is 1.92. The van der Waals surface area contributed by atoms with Crippen LogP contribution in [-0.2, 0) is 14.4 Å². The maximum atomic E-state index is 12.4. The highest BCUT2D eigenvalue weighted by atomic mass is 32.1. The van der Waals surface area contributed by atoms with Gasteiger partial charge in [-0.3, -0.25) is 14.4 Å². The number of nitrogens with two attached hydrogens (primary N) is 1. The molecule has 112 valence electrons. The number of rotatable bonds is 4. The molecule has 3 amide bonds. The van der Waals surface area contributed by atoms with Gasteiger partial charge in [0.2, 0.25) is 17.7 Å². The van der Waals surface area contributed by atoms with E-state index in [4.69, 9.17) is 5.73 Å². The maximum Gasteiger partial charge on any atom is 0.241 e. The highest BCUT2D eigenvalue weighted by Gasteiger charge is 2.55. The summed E-state index contributed by atoms with van der Waals surface area (Å²) < 4.78 is 0. The van der Waals surface area contributed by atoms with Crippen molar-refractivity contribution < 1.29 is 14.4 Å². The number of β-lactam (4-membered cyclic amide) rings is 1. The summed E-state index contributed by atoms with van der Waals surface area (Å²) in [5.41, 5.74) is 4.94. The molecular formula is C13H21N3O3S. The summed E-state index contributed by atoms with van der Waals surface area (Å²) in [7, 11) is 0. The fourth-order valence-electron chi connectivity index (χ4n) is 3.25. The molecule has 2 rings (SSSR count). The zero-order valence-corrected chi connectivity index (χ0v) is 12.5. The molecule has 7 heteroatoms. The number of amides is 3. The van der Waals surface area contributed by atoms with Gasteiger partial charge in [0, 0.05) is 25.3 Å². The Kier molecular flexibility index (Phi) is 4.27. The maximum absolute atomic E-state index is 12.4. The second kappa shape index (κ2) is 5.63. The Morgan fingerprint density at radius 2 is 2.10 bits per heavy atom. The molecule has 1 aliphatic carbocycles. The van der Waals surface area contributed by atoms with Gasteiger partial charge in [0.15, 0.2) is 0 Å². The lowest BCUT2D eigenvalue weighted by molar-refractivity contribution is -0.170. The summed E-state index contributed by atoms with van der Waals surface area (Å²) in [5.74, 6) is -0.269. The van der Waals surface area contributed by atoms with Gasteiger partial charge in [0.05, 0.1) is 5.41 Å². The summed E-state index contributed by atoms with van der Waals surface area (Å²) in [6.45, 7) is 2.08. The van der Waals surface area contributed by atoms with Gasteiger partial charge in [-0.25, -0.2) is 0 Å². The molecule has 1 heterocycles. The van der Waals surface area contributed by atoms with Crippen LogP contribution in [0.5, 0.6) is 0 Å². The summed E-state index contributed by atoms with van der Waals surface area (Å²) >= 11 is 4.08. The number of carbonyl (C=O) groups excluding carboxylic acids is 3. The number of thiol groups is 1. The lowest BCUT2D eigenvalue weighted by Gasteiger charge is -2.53. The number of hydrogen-bond donors (Lipinski definition) is 3. The number of primary amides is 1. The third-order valence-corrected chi connectivity index (χ3v) is 4.76. The zero-order valence-electron chi connectivity index (χ0n) is 11.6. The molecule has 6 nitrogen and oxygen atoms in total. The van der Waals surface area contributed by atoms with E-state index < -0.39 is 11.9 Å². The molecule has 1 saturated carbocycles. The van der Waals surface area contributed by atoms with Crippen LogP contribution < -0.4 is 11.1 Å². The molecule has 1 saturated heterocycles. The van der Waals surface area contributed by atoms with Gasteiger partial charge < -0.3 is 16.0 Å². The van der Waals surface area contributed by atoms with Crippen LogP contribution in [0.2, 0.25) is 0 Å². The number of hydrogen-bond acceptors (Lipinski definition) is 4. The smallest absolute Gasteiger partial charge is 0.241 e. The first kappa shape index (κ1) is 15.2. The first-order chi connectivity index (χ1) is 9.39. The standard InChI is InChI=1S/C13H21N3O3S/c1-8(17)15-9-2-4-13(5-3-9)7-16(12(13)19)10(6-20)11(14)18/h9-10,20H,2-7H2,1H3,(H2,14,18)(H,15,17)/t9?,10-,13?/m0/s1.